The van der Waals surface area contributed by atoms with Crippen molar-refractivity contribution in [2.24, 2.45) is 0 Å². The fourth-order valence-electron chi connectivity index (χ4n) is 1.41. The van der Waals surface area contributed by atoms with E-state index in [-0.39, 0.29) is 11.2 Å². The maximum atomic E-state index is 10.9. The topological polar surface area (TPSA) is 35.5 Å². The van der Waals surface area contributed by atoms with Crippen molar-refractivity contribution in [2.75, 3.05) is 13.7 Å². The summed E-state index contributed by atoms with van der Waals surface area (Å²) in [6.07, 6.45) is 0.511. The van der Waals surface area contributed by atoms with Gasteiger partial charge in [0.05, 0.1) is 18.8 Å². The van der Waals surface area contributed by atoms with E-state index in [1.54, 1.807) is 18.9 Å². The van der Waals surface area contributed by atoms with E-state index in [2.05, 4.69) is 0 Å². The Hall–Kier alpha value is -1.16. The molecule has 80 valence electrons. The van der Waals surface area contributed by atoms with Gasteiger partial charge in [0, 0.05) is 4.90 Å². The standard InChI is InChI=1S/C11H12O3S/c1-13-8-2-4-9(5-3-8)15-10-6-11(12)14-7-10/h2-5,10H,6-7H2,1H3. The Morgan fingerprint density at radius 2 is 2.13 bits per heavy atom. The van der Waals surface area contributed by atoms with Crippen molar-refractivity contribution in [1.29, 1.82) is 0 Å². The van der Waals surface area contributed by atoms with Crippen molar-refractivity contribution in [2.45, 2.75) is 16.6 Å². The van der Waals surface area contributed by atoms with E-state index in [1.807, 2.05) is 24.3 Å². The van der Waals surface area contributed by atoms with Crippen LogP contribution in [0.25, 0.3) is 0 Å². The molecule has 1 aromatic rings. The monoisotopic (exact) mass is 224 g/mol. The van der Waals surface area contributed by atoms with Crippen LogP contribution in [0, 0.1) is 0 Å². The van der Waals surface area contributed by atoms with Gasteiger partial charge >= 0.3 is 5.97 Å². The SMILES string of the molecule is COc1ccc(SC2COC(=O)C2)cc1. The normalized spacial score (nSPS) is 20.1. The first-order valence-electron chi connectivity index (χ1n) is 4.74. The fourth-order valence-corrected chi connectivity index (χ4v) is 2.45. The van der Waals surface area contributed by atoms with E-state index < -0.39 is 0 Å². The maximum Gasteiger partial charge on any atom is 0.307 e. The van der Waals surface area contributed by atoms with E-state index in [0.717, 1.165) is 10.6 Å². The lowest BCUT2D eigenvalue weighted by Crippen LogP contribution is -1.99. The van der Waals surface area contributed by atoms with Gasteiger partial charge in [-0.3, -0.25) is 4.79 Å². The molecular formula is C11H12O3S. The smallest absolute Gasteiger partial charge is 0.307 e. The minimum Gasteiger partial charge on any atom is -0.497 e. The molecule has 1 aliphatic rings. The second-order valence-electron chi connectivity index (χ2n) is 3.30. The molecule has 0 aromatic heterocycles. The molecule has 1 heterocycles. The van der Waals surface area contributed by atoms with Crippen LogP contribution in [0.4, 0.5) is 0 Å². The molecule has 15 heavy (non-hydrogen) atoms. The number of thioether (sulfide) groups is 1. The fraction of sp³-hybridized carbons (Fsp3) is 0.364. The number of cyclic esters (lactones) is 1. The number of hydrogen-bond donors (Lipinski definition) is 0. The molecule has 3 nitrogen and oxygen atoms in total. The maximum absolute atomic E-state index is 10.9. The average molecular weight is 224 g/mol. The summed E-state index contributed by atoms with van der Waals surface area (Å²) < 4.78 is 9.97. The highest BCUT2D eigenvalue weighted by atomic mass is 32.2. The number of rotatable bonds is 3. The van der Waals surface area contributed by atoms with Gasteiger partial charge in [-0.05, 0) is 24.3 Å². The summed E-state index contributed by atoms with van der Waals surface area (Å²) in [6, 6.07) is 7.82. The van der Waals surface area contributed by atoms with Gasteiger partial charge in [-0.2, -0.15) is 0 Å². The first-order valence-corrected chi connectivity index (χ1v) is 5.62. The van der Waals surface area contributed by atoms with Crippen molar-refractivity contribution in [1.82, 2.24) is 0 Å². The van der Waals surface area contributed by atoms with Crippen LogP contribution >= 0.6 is 11.8 Å². The molecule has 2 rings (SSSR count). The molecule has 0 N–H and O–H groups in total. The molecule has 1 fully saturated rings. The van der Waals surface area contributed by atoms with E-state index in [4.69, 9.17) is 9.47 Å². The highest BCUT2D eigenvalue weighted by Gasteiger charge is 2.24. The number of benzene rings is 1. The van der Waals surface area contributed by atoms with Crippen LogP contribution in [0.2, 0.25) is 0 Å². The zero-order valence-electron chi connectivity index (χ0n) is 8.43. The van der Waals surface area contributed by atoms with Crippen molar-refractivity contribution >= 4 is 17.7 Å². The zero-order chi connectivity index (χ0) is 10.7. The molecule has 0 amide bonds. The van der Waals surface area contributed by atoms with Gasteiger partial charge in [0.1, 0.15) is 12.4 Å². The summed E-state index contributed by atoms with van der Waals surface area (Å²) in [5.41, 5.74) is 0. The van der Waals surface area contributed by atoms with Gasteiger partial charge in [-0.15, -0.1) is 11.8 Å². The third kappa shape index (κ3) is 2.65. The van der Waals surface area contributed by atoms with Gasteiger partial charge in [0.2, 0.25) is 0 Å². The summed E-state index contributed by atoms with van der Waals surface area (Å²) in [6.45, 7) is 0.523. The Morgan fingerprint density at radius 3 is 2.67 bits per heavy atom. The number of esters is 1. The van der Waals surface area contributed by atoms with E-state index in [0.29, 0.717) is 13.0 Å². The summed E-state index contributed by atoms with van der Waals surface area (Å²) >= 11 is 1.67. The highest BCUT2D eigenvalue weighted by Crippen LogP contribution is 2.30. The van der Waals surface area contributed by atoms with Crippen LogP contribution in [0.5, 0.6) is 5.75 Å². The molecular weight excluding hydrogens is 212 g/mol. The Bertz CT molecular complexity index is 347. The van der Waals surface area contributed by atoms with Crippen LogP contribution < -0.4 is 4.74 Å². The molecule has 1 atom stereocenters. The third-order valence-corrected chi connectivity index (χ3v) is 3.37. The molecule has 0 aliphatic carbocycles. The van der Waals surface area contributed by atoms with Gasteiger partial charge in [-0.1, -0.05) is 0 Å². The van der Waals surface area contributed by atoms with Gasteiger partial charge < -0.3 is 9.47 Å². The molecule has 0 spiro atoms. The van der Waals surface area contributed by atoms with E-state index in [9.17, 15) is 4.79 Å². The van der Waals surface area contributed by atoms with E-state index >= 15 is 0 Å². The summed E-state index contributed by atoms with van der Waals surface area (Å²) in [5.74, 6) is 0.749. The number of ether oxygens (including phenoxy) is 2. The molecule has 1 saturated heterocycles. The van der Waals surface area contributed by atoms with Crippen molar-refractivity contribution in [3.05, 3.63) is 24.3 Å². The van der Waals surface area contributed by atoms with Crippen LogP contribution in [0.15, 0.2) is 29.2 Å². The van der Waals surface area contributed by atoms with Crippen LogP contribution in [-0.2, 0) is 9.53 Å². The lowest BCUT2D eigenvalue weighted by Gasteiger charge is -2.06. The minimum atomic E-state index is -0.0963. The van der Waals surface area contributed by atoms with E-state index in [1.165, 1.54) is 0 Å². The Labute approximate surface area is 92.8 Å². The number of hydrogen-bond acceptors (Lipinski definition) is 4. The molecule has 4 heteroatoms. The Balaban J connectivity index is 1.96. The van der Waals surface area contributed by atoms with Crippen molar-refractivity contribution < 1.29 is 14.3 Å². The number of carbonyl (C=O) groups excluding carboxylic acids is 1. The lowest BCUT2D eigenvalue weighted by molar-refractivity contribution is -0.137. The number of methoxy groups -OCH3 is 1. The van der Waals surface area contributed by atoms with Crippen molar-refractivity contribution in [3.63, 3.8) is 0 Å². The van der Waals surface area contributed by atoms with Crippen LogP contribution in [0.1, 0.15) is 6.42 Å². The molecule has 1 aromatic carbocycles. The highest BCUT2D eigenvalue weighted by molar-refractivity contribution is 8.00. The molecule has 0 bridgehead atoms. The second-order valence-corrected chi connectivity index (χ2v) is 4.68. The predicted octanol–water partition coefficient (Wildman–Crippen LogP) is 2.10. The first kappa shape index (κ1) is 10.4. The Kier molecular flexibility index (Phi) is 3.16. The molecule has 1 unspecified atom stereocenters. The lowest BCUT2D eigenvalue weighted by atomic mass is 10.3. The van der Waals surface area contributed by atoms with Crippen LogP contribution in [0.3, 0.4) is 0 Å². The molecule has 1 aliphatic heterocycles. The van der Waals surface area contributed by atoms with Gasteiger partial charge in [0.15, 0.2) is 0 Å². The quantitative estimate of drug-likeness (QED) is 0.737. The minimum absolute atomic E-state index is 0.0963. The Morgan fingerprint density at radius 1 is 1.40 bits per heavy atom. The number of carbonyl (C=O) groups is 1. The molecule has 0 radical (unpaired) electrons. The predicted molar refractivity (Wildman–Crippen MR) is 58.2 cm³/mol. The average Bonchev–Trinajstić information content (AvgIpc) is 2.65. The van der Waals surface area contributed by atoms with Crippen molar-refractivity contribution in [3.8, 4) is 5.75 Å². The first-order chi connectivity index (χ1) is 7.28. The summed E-state index contributed by atoms with van der Waals surface area (Å²) in [7, 11) is 1.64. The van der Waals surface area contributed by atoms with Crippen LogP contribution in [-0.4, -0.2) is 24.9 Å². The summed E-state index contributed by atoms with van der Waals surface area (Å²) in [5, 5.41) is 0.255. The van der Waals surface area contributed by atoms with Gasteiger partial charge in [0.25, 0.3) is 0 Å². The second kappa shape index (κ2) is 4.57. The summed E-state index contributed by atoms with van der Waals surface area (Å²) in [4.78, 5) is 12.0. The third-order valence-electron chi connectivity index (χ3n) is 2.19. The largest absolute Gasteiger partial charge is 0.497 e. The molecule has 0 saturated carbocycles. The zero-order valence-corrected chi connectivity index (χ0v) is 9.25. The van der Waals surface area contributed by atoms with Gasteiger partial charge in [-0.25, -0.2) is 0 Å².